The van der Waals surface area contributed by atoms with Gasteiger partial charge >= 0.3 is 0 Å². The molecular weight excluding hydrogens is 264 g/mol. The van der Waals surface area contributed by atoms with Crippen molar-refractivity contribution in [2.24, 2.45) is 0 Å². The summed E-state index contributed by atoms with van der Waals surface area (Å²) in [6.45, 7) is 5.43. The molecule has 1 aromatic heterocycles. The van der Waals surface area contributed by atoms with Crippen molar-refractivity contribution in [1.82, 2.24) is 9.78 Å². The lowest BCUT2D eigenvalue weighted by molar-refractivity contribution is 0.113. The van der Waals surface area contributed by atoms with Gasteiger partial charge < -0.3 is 4.74 Å². The Balaban J connectivity index is 2.98. The van der Waals surface area contributed by atoms with Gasteiger partial charge in [-0.3, -0.25) is 4.68 Å². The molecule has 1 aromatic rings. The number of rotatable bonds is 7. The van der Waals surface area contributed by atoms with Crippen molar-refractivity contribution < 1.29 is 13.2 Å². The van der Waals surface area contributed by atoms with E-state index in [9.17, 15) is 8.42 Å². The molecule has 0 aliphatic carbocycles. The lowest BCUT2D eigenvalue weighted by Gasteiger charge is -2.08. The second-order valence-corrected chi connectivity index (χ2v) is 6.20. The van der Waals surface area contributed by atoms with Crippen molar-refractivity contribution in [3.63, 3.8) is 0 Å². The van der Waals surface area contributed by atoms with Crippen molar-refractivity contribution in [1.29, 1.82) is 0 Å². The van der Waals surface area contributed by atoms with Gasteiger partial charge in [-0.1, -0.05) is 13.8 Å². The quantitative estimate of drug-likeness (QED) is 0.567. The van der Waals surface area contributed by atoms with E-state index >= 15 is 0 Å². The highest BCUT2D eigenvalue weighted by Gasteiger charge is 2.20. The highest BCUT2D eigenvalue weighted by molar-refractivity contribution is 8.13. The lowest BCUT2D eigenvalue weighted by Crippen LogP contribution is -2.09. The van der Waals surface area contributed by atoms with Crippen LogP contribution in [-0.4, -0.2) is 24.8 Å². The minimum absolute atomic E-state index is 0.0451. The zero-order valence-electron chi connectivity index (χ0n) is 10.0. The molecular formula is C10H17ClN2O3S. The standard InChI is InChI=1S/C10H17ClN2O3S/c1-3-5-13-9(8-16-6-4-2)10(7-12-13)17(11,14)15/h7H,3-6,8H2,1-2H3. The van der Waals surface area contributed by atoms with Crippen LogP contribution in [-0.2, 0) is 26.9 Å². The molecule has 0 radical (unpaired) electrons. The van der Waals surface area contributed by atoms with Gasteiger partial charge in [-0.25, -0.2) is 8.42 Å². The summed E-state index contributed by atoms with van der Waals surface area (Å²) in [6, 6.07) is 0. The van der Waals surface area contributed by atoms with Gasteiger partial charge in [0.25, 0.3) is 9.05 Å². The van der Waals surface area contributed by atoms with Gasteiger partial charge in [0.2, 0.25) is 0 Å². The fourth-order valence-corrected chi connectivity index (χ4v) is 2.47. The molecule has 0 bridgehead atoms. The first-order chi connectivity index (χ1) is 8.00. The summed E-state index contributed by atoms with van der Waals surface area (Å²) in [7, 11) is 1.59. The number of aromatic nitrogens is 2. The average molecular weight is 281 g/mol. The third-order valence-corrected chi connectivity index (χ3v) is 3.56. The van der Waals surface area contributed by atoms with Crippen molar-refractivity contribution >= 4 is 19.7 Å². The number of hydrogen-bond acceptors (Lipinski definition) is 4. The molecule has 0 saturated carbocycles. The predicted octanol–water partition coefficient (Wildman–Crippen LogP) is 2.15. The lowest BCUT2D eigenvalue weighted by atomic mass is 10.4. The van der Waals surface area contributed by atoms with Gasteiger partial charge in [-0.2, -0.15) is 5.10 Å². The van der Waals surface area contributed by atoms with Gasteiger partial charge in [0.1, 0.15) is 4.90 Å². The molecule has 0 aromatic carbocycles. The van der Waals surface area contributed by atoms with Crippen LogP contribution >= 0.6 is 10.7 Å². The van der Waals surface area contributed by atoms with Crippen LogP contribution in [0.25, 0.3) is 0 Å². The van der Waals surface area contributed by atoms with E-state index in [1.165, 1.54) is 6.20 Å². The van der Waals surface area contributed by atoms with Crippen molar-refractivity contribution in [3.8, 4) is 0 Å². The van der Waals surface area contributed by atoms with Crippen LogP contribution < -0.4 is 0 Å². The molecule has 0 saturated heterocycles. The van der Waals surface area contributed by atoms with Crippen LogP contribution in [0.5, 0.6) is 0 Å². The van der Waals surface area contributed by atoms with Gasteiger partial charge in [-0.15, -0.1) is 0 Å². The van der Waals surface area contributed by atoms with E-state index in [2.05, 4.69) is 5.10 Å². The number of aryl methyl sites for hydroxylation is 1. The molecule has 7 heteroatoms. The summed E-state index contributed by atoms with van der Waals surface area (Å²) >= 11 is 0. The third kappa shape index (κ3) is 3.97. The molecule has 0 spiro atoms. The van der Waals surface area contributed by atoms with Crippen LogP contribution in [0.15, 0.2) is 11.1 Å². The Kier molecular flexibility index (Phi) is 5.42. The topological polar surface area (TPSA) is 61.2 Å². The predicted molar refractivity (Wildman–Crippen MR) is 65.5 cm³/mol. The highest BCUT2D eigenvalue weighted by Crippen LogP contribution is 2.20. The SMILES string of the molecule is CCCOCc1c(S(=O)(=O)Cl)cnn1CCC. The summed E-state index contributed by atoms with van der Waals surface area (Å²) in [4.78, 5) is 0.0451. The van der Waals surface area contributed by atoms with Gasteiger partial charge in [0.05, 0.1) is 18.5 Å². The van der Waals surface area contributed by atoms with Crippen LogP contribution in [0.2, 0.25) is 0 Å². The maximum Gasteiger partial charge on any atom is 0.264 e. The van der Waals surface area contributed by atoms with E-state index in [1.807, 2.05) is 13.8 Å². The van der Waals surface area contributed by atoms with Crippen LogP contribution in [0.4, 0.5) is 0 Å². The fourth-order valence-electron chi connectivity index (χ4n) is 1.46. The Labute approximate surface area is 106 Å². The van der Waals surface area contributed by atoms with Gasteiger partial charge in [0, 0.05) is 23.8 Å². The molecule has 0 amide bonds. The zero-order valence-corrected chi connectivity index (χ0v) is 11.6. The fraction of sp³-hybridized carbons (Fsp3) is 0.700. The zero-order chi connectivity index (χ0) is 12.9. The summed E-state index contributed by atoms with van der Waals surface area (Å²) in [5.74, 6) is 0. The van der Waals surface area contributed by atoms with Crippen LogP contribution in [0.3, 0.4) is 0 Å². The molecule has 5 nitrogen and oxygen atoms in total. The van der Waals surface area contributed by atoms with Crippen molar-refractivity contribution in [2.45, 2.75) is 44.7 Å². The third-order valence-electron chi connectivity index (χ3n) is 2.20. The molecule has 0 atom stereocenters. The summed E-state index contributed by atoms with van der Waals surface area (Å²) in [5.41, 5.74) is 0.523. The summed E-state index contributed by atoms with van der Waals surface area (Å²) < 4.78 is 29.7. The minimum Gasteiger partial charge on any atom is -0.375 e. The Morgan fingerprint density at radius 1 is 1.41 bits per heavy atom. The summed E-state index contributed by atoms with van der Waals surface area (Å²) in [5, 5.41) is 4.02. The molecule has 0 N–H and O–H groups in total. The molecule has 0 aliphatic rings. The molecule has 1 rings (SSSR count). The van der Waals surface area contributed by atoms with E-state index in [4.69, 9.17) is 15.4 Å². The Bertz CT molecular complexity index is 456. The molecule has 1 heterocycles. The first-order valence-corrected chi connectivity index (χ1v) is 7.88. The second-order valence-electron chi connectivity index (χ2n) is 3.67. The maximum atomic E-state index is 11.4. The van der Waals surface area contributed by atoms with Crippen molar-refractivity contribution in [3.05, 3.63) is 11.9 Å². The van der Waals surface area contributed by atoms with E-state index in [-0.39, 0.29) is 11.5 Å². The highest BCUT2D eigenvalue weighted by atomic mass is 35.7. The maximum absolute atomic E-state index is 11.4. The second kappa shape index (κ2) is 6.37. The average Bonchev–Trinajstić information content (AvgIpc) is 2.62. The largest absolute Gasteiger partial charge is 0.375 e. The van der Waals surface area contributed by atoms with Gasteiger partial charge in [0.15, 0.2) is 0 Å². The monoisotopic (exact) mass is 280 g/mol. The van der Waals surface area contributed by atoms with E-state index in [0.717, 1.165) is 12.8 Å². The Morgan fingerprint density at radius 2 is 2.12 bits per heavy atom. The first-order valence-electron chi connectivity index (χ1n) is 5.57. The smallest absolute Gasteiger partial charge is 0.264 e. The van der Waals surface area contributed by atoms with E-state index in [0.29, 0.717) is 18.8 Å². The number of ether oxygens (including phenoxy) is 1. The van der Waals surface area contributed by atoms with Gasteiger partial charge in [-0.05, 0) is 12.8 Å². The Morgan fingerprint density at radius 3 is 2.65 bits per heavy atom. The molecule has 98 valence electrons. The van der Waals surface area contributed by atoms with E-state index in [1.54, 1.807) is 4.68 Å². The normalized spacial score (nSPS) is 11.9. The summed E-state index contributed by atoms with van der Waals surface area (Å²) in [6.07, 6.45) is 3.03. The molecule has 17 heavy (non-hydrogen) atoms. The number of nitrogens with zero attached hydrogens (tertiary/aromatic N) is 2. The molecule has 0 fully saturated rings. The minimum atomic E-state index is -3.76. The number of hydrogen-bond donors (Lipinski definition) is 0. The molecule has 0 unspecified atom stereocenters. The van der Waals surface area contributed by atoms with Crippen molar-refractivity contribution in [2.75, 3.05) is 6.61 Å². The molecule has 0 aliphatic heterocycles. The van der Waals surface area contributed by atoms with Crippen LogP contribution in [0, 0.1) is 0 Å². The number of halogens is 1. The van der Waals surface area contributed by atoms with E-state index < -0.39 is 9.05 Å². The Hall–Kier alpha value is -0.590. The van der Waals surface area contributed by atoms with Crippen LogP contribution in [0.1, 0.15) is 32.4 Å². The first kappa shape index (κ1) is 14.5.